The predicted molar refractivity (Wildman–Crippen MR) is 76.0 cm³/mol. The minimum Gasteiger partial charge on any atom is -0.373 e. The Morgan fingerprint density at radius 2 is 2.10 bits per heavy atom. The van der Waals surface area contributed by atoms with Crippen molar-refractivity contribution in [2.45, 2.75) is 45.0 Å². The Kier molecular flexibility index (Phi) is 5.27. The van der Waals surface area contributed by atoms with E-state index in [4.69, 9.17) is 4.74 Å². The van der Waals surface area contributed by atoms with Gasteiger partial charge in [-0.15, -0.1) is 0 Å². The molecule has 2 nitrogen and oxygen atoms in total. The van der Waals surface area contributed by atoms with Crippen LogP contribution in [0.4, 0.5) is 13.2 Å². The maximum absolute atomic E-state index is 12.8. The van der Waals surface area contributed by atoms with Gasteiger partial charge in [0.25, 0.3) is 0 Å². The predicted octanol–water partition coefficient (Wildman–Crippen LogP) is 4.17. The molecule has 1 fully saturated rings. The van der Waals surface area contributed by atoms with Crippen LogP contribution >= 0.6 is 0 Å². The van der Waals surface area contributed by atoms with Crippen molar-refractivity contribution in [3.63, 3.8) is 0 Å². The number of hydrogen-bond donors (Lipinski definition) is 1. The van der Waals surface area contributed by atoms with Crippen LogP contribution in [0.15, 0.2) is 24.3 Å². The van der Waals surface area contributed by atoms with Gasteiger partial charge in [0, 0.05) is 25.1 Å². The minimum atomic E-state index is -4.31. The second kappa shape index (κ2) is 6.79. The monoisotopic (exact) mass is 301 g/mol. The molecule has 1 aliphatic heterocycles. The molecule has 0 aromatic heterocycles. The van der Waals surface area contributed by atoms with E-state index in [2.05, 4.69) is 19.2 Å². The van der Waals surface area contributed by atoms with E-state index in [1.54, 1.807) is 6.07 Å². The summed E-state index contributed by atoms with van der Waals surface area (Å²) in [6.45, 7) is 5.49. The number of halogens is 3. The average Bonchev–Trinajstić information content (AvgIpc) is 2.44. The van der Waals surface area contributed by atoms with Crippen molar-refractivity contribution < 1.29 is 17.9 Å². The Bertz CT molecular complexity index is 459. The normalized spacial score (nSPS) is 23.5. The van der Waals surface area contributed by atoms with E-state index < -0.39 is 11.7 Å². The smallest absolute Gasteiger partial charge is 0.373 e. The Balaban J connectivity index is 2.17. The highest BCUT2D eigenvalue weighted by Gasteiger charge is 2.33. The lowest BCUT2D eigenvalue weighted by atomic mass is 9.88. The summed E-state index contributed by atoms with van der Waals surface area (Å²) in [6, 6.07) is 5.87. The largest absolute Gasteiger partial charge is 0.416 e. The number of hydrogen-bond acceptors (Lipinski definition) is 2. The molecular formula is C16H22F3NO. The van der Waals surface area contributed by atoms with Crippen LogP contribution in [0.25, 0.3) is 0 Å². The summed E-state index contributed by atoms with van der Waals surface area (Å²) in [5.41, 5.74) is 0.0184. The van der Waals surface area contributed by atoms with Gasteiger partial charge in [-0.3, -0.25) is 0 Å². The van der Waals surface area contributed by atoms with Crippen molar-refractivity contribution in [3.8, 4) is 0 Å². The lowest BCUT2D eigenvalue weighted by Gasteiger charge is -2.33. The Morgan fingerprint density at radius 1 is 1.33 bits per heavy atom. The maximum atomic E-state index is 12.8. The molecule has 1 aromatic rings. The Hall–Kier alpha value is -1.07. The SMILES string of the molecule is CC(C)NCC1CCCOC1c1cccc(C(F)(F)F)c1. The van der Waals surface area contributed by atoms with Crippen molar-refractivity contribution >= 4 is 0 Å². The van der Waals surface area contributed by atoms with Gasteiger partial charge in [0.2, 0.25) is 0 Å². The van der Waals surface area contributed by atoms with Crippen LogP contribution in [0, 0.1) is 5.92 Å². The summed E-state index contributed by atoms with van der Waals surface area (Å²) in [5, 5.41) is 3.36. The highest BCUT2D eigenvalue weighted by atomic mass is 19.4. The van der Waals surface area contributed by atoms with Crippen molar-refractivity contribution in [2.24, 2.45) is 5.92 Å². The molecule has 0 aliphatic carbocycles. The molecule has 21 heavy (non-hydrogen) atoms. The van der Waals surface area contributed by atoms with Crippen molar-refractivity contribution in [2.75, 3.05) is 13.2 Å². The van der Waals surface area contributed by atoms with Gasteiger partial charge in [0.15, 0.2) is 0 Å². The summed E-state index contributed by atoms with van der Waals surface area (Å²) in [5.74, 6) is 0.213. The highest BCUT2D eigenvalue weighted by Crippen LogP contribution is 2.36. The first-order valence-corrected chi connectivity index (χ1v) is 7.40. The van der Waals surface area contributed by atoms with Crippen molar-refractivity contribution in [1.29, 1.82) is 0 Å². The van der Waals surface area contributed by atoms with Crippen molar-refractivity contribution in [3.05, 3.63) is 35.4 Å². The first-order chi connectivity index (χ1) is 9.88. The zero-order valence-electron chi connectivity index (χ0n) is 12.4. The molecule has 1 saturated heterocycles. The van der Waals surface area contributed by atoms with E-state index in [1.807, 2.05) is 0 Å². The third kappa shape index (κ3) is 4.45. The molecule has 2 atom stereocenters. The first-order valence-electron chi connectivity index (χ1n) is 7.40. The molecular weight excluding hydrogens is 279 g/mol. The van der Waals surface area contributed by atoms with Gasteiger partial charge in [0.1, 0.15) is 0 Å². The summed E-state index contributed by atoms with van der Waals surface area (Å²) in [6.07, 6.45) is -2.64. The maximum Gasteiger partial charge on any atom is 0.416 e. The molecule has 1 aromatic carbocycles. The molecule has 2 unspecified atom stereocenters. The fourth-order valence-electron chi connectivity index (χ4n) is 2.70. The number of alkyl halides is 3. The molecule has 2 rings (SSSR count). The molecule has 0 bridgehead atoms. The summed E-state index contributed by atoms with van der Waals surface area (Å²) < 4.78 is 44.3. The molecule has 0 amide bonds. The summed E-state index contributed by atoms with van der Waals surface area (Å²) in [4.78, 5) is 0. The zero-order chi connectivity index (χ0) is 15.5. The molecule has 0 spiro atoms. The van der Waals surface area contributed by atoms with Crippen LogP contribution in [-0.2, 0) is 10.9 Å². The van der Waals surface area contributed by atoms with Crippen LogP contribution in [0.1, 0.15) is 43.9 Å². The van der Waals surface area contributed by atoms with Crippen LogP contribution < -0.4 is 5.32 Å². The minimum absolute atomic E-state index is 0.213. The third-order valence-corrected chi connectivity index (χ3v) is 3.78. The second-order valence-corrected chi connectivity index (χ2v) is 5.88. The van der Waals surface area contributed by atoms with Gasteiger partial charge in [-0.25, -0.2) is 0 Å². The van der Waals surface area contributed by atoms with Crippen LogP contribution in [0.3, 0.4) is 0 Å². The van der Waals surface area contributed by atoms with E-state index in [0.29, 0.717) is 18.2 Å². The first kappa shape index (κ1) is 16.3. The molecule has 0 saturated carbocycles. The molecule has 1 heterocycles. The van der Waals surface area contributed by atoms with Gasteiger partial charge in [-0.1, -0.05) is 26.0 Å². The molecule has 5 heteroatoms. The Morgan fingerprint density at radius 3 is 2.76 bits per heavy atom. The van der Waals surface area contributed by atoms with Gasteiger partial charge in [-0.2, -0.15) is 13.2 Å². The zero-order valence-corrected chi connectivity index (χ0v) is 12.4. The summed E-state index contributed by atoms with van der Waals surface area (Å²) in [7, 11) is 0. The van der Waals surface area contributed by atoms with E-state index in [1.165, 1.54) is 12.1 Å². The standard InChI is InChI=1S/C16H22F3NO/c1-11(2)20-10-13-6-4-8-21-15(13)12-5-3-7-14(9-12)16(17,18)19/h3,5,7,9,11,13,15,20H,4,6,8,10H2,1-2H3. The highest BCUT2D eigenvalue weighted by molar-refractivity contribution is 5.28. The fraction of sp³-hybridized carbons (Fsp3) is 0.625. The van der Waals surface area contributed by atoms with Gasteiger partial charge in [-0.05, 0) is 30.5 Å². The molecule has 118 valence electrons. The quantitative estimate of drug-likeness (QED) is 0.901. The lowest BCUT2D eigenvalue weighted by molar-refractivity contribution is -0.137. The fourth-order valence-corrected chi connectivity index (χ4v) is 2.70. The van der Waals surface area contributed by atoms with E-state index in [0.717, 1.165) is 25.5 Å². The average molecular weight is 301 g/mol. The number of rotatable bonds is 4. The Labute approximate surface area is 123 Å². The van der Waals surface area contributed by atoms with Crippen LogP contribution in [-0.4, -0.2) is 19.2 Å². The van der Waals surface area contributed by atoms with Gasteiger partial charge < -0.3 is 10.1 Å². The van der Waals surface area contributed by atoms with E-state index in [-0.39, 0.29) is 12.0 Å². The van der Waals surface area contributed by atoms with E-state index >= 15 is 0 Å². The molecule has 0 radical (unpaired) electrons. The van der Waals surface area contributed by atoms with E-state index in [9.17, 15) is 13.2 Å². The third-order valence-electron chi connectivity index (χ3n) is 3.78. The lowest BCUT2D eigenvalue weighted by Crippen LogP contribution is -2.35. The number of ether oxygens (including phenoxy) is 1. The second-order valence-electron chi connectivity index (χ2n) is 5.88. The van der Waals surface area contributed by atoms with Gasteiger partial charge in [0.05, 0.1) is 11.7 Å². The summed E-state index contributed by atoms with van der Waals surface area (Å²) >= 11 is 0. The van der Waals surface area contributed by atoms with Crippen molar-refractivity contribution in [1.82, 2.24) is 5.32 Å². The van der Waals surface area contributed by atoms with Gasteiger partial charge >= 0.3 is 6.18 Å². The van der Waals surface area contributed by atoms with Crippen LogP contribution in [0.5, 0.6) is 0 Å². The topological polar surface area (TPSA) is 21.3 Å². The number of benzene rings is 1. The molecule has 1 N–H and O–H groups in total. The van der Waals surface area contributed by atoms with Crippen LogP contribution in [0.2, 0.25) is 0 Å². The number of nitrogens with one attached hydrogen (secondary N) is 1. The molecule has 1 aliphatic rings.